The predicted molar refractivity (Wildman–Crippen MR) is 125 cm³/mol. The van der Waals surface area contributed by atoms with Crippen LogP contribution in [-0.4, -0.2) is 57.6 Å². The first-order chi connectivity index (χ1) is 15.6. The third-order valence-corrected chi connectivity index (χ3v) is 5.57. The van der Waals surface area contributed by atoms with Gasteiger partial charge in [-0.1, -0.05) is 11.6 Å². The second-order valence-corrected chi connectivity index (χ2v) is 8.34. The zero-order valence-electron chi connectivity index (χ0n) is 17.8. The zero-order valence-corrected chi connectivity index (χ0v) is 18.6. The molecule has 1 fully saturated rings. The molecule has 0 amide bonds. The van der Waals surface area contributed by atoms with Gasteiger partial charge in [0.25, 0.3) is 0 Å². The molecule has 1 unspecified atom stereocenters. The molecule has 0 aliphatic carbocycles. The number of rotatable bonds is 6. The molecule has 164 valence electrons. The molecular formula is C23H23ClN6O2. The van der Waals surface area contributed by atoms with E-state index in [1.807, 2.05) is 60.1 Å². The highest BCUT2D eigenvalue weighted by atomic mass is 35.5. The maximum atomic E-state index is 6.27. The number of benzene rings is 1. The molecule has 0 radical (unpaired) electrons. The molecule has 1 aliphatic rings. The van der Waals surface area contributed by atoms with Gasteiger partial charge in [0, 0.05) is 31.7 Å². The van der Waals surface area contributed by atoms with E-state index in [2.05, 4.69) is 19.9 Å². The normalized spacial score (nSPS) is 18.7. The Morgan fingerprint density at radius 3 is 2.97 bits per heavy atom. The predicted octanol–water partition coefficient (Wildman–Crippen LogP) is 4.61. The van der Waals surface area contributed by atoms with Gasteiger partial charge in [-0.05, 0) is 43.2 Å². The summed E-state index contributed by atoms with van der Waals surface area (Å²) in [4.78, 5) is 19.4. The van der Waals surface area contributed by atoms with Gasteiger partial charge >= 0.3 is 0 Å². The molecule has 8 nitrogen and oxygen atoms in total. The topological polar surface area (TPSA) is 77.7 Å². The molecule has 2 atom stereocenters. The van der Waals surface area contributed by atoms with E-state index >= 15 is 0 Å². The highest BCUT2D eigenvalue weighted by Gasteiger charge is 2.28. The molecule has 0 saturated carbocycles. The average Bonchev–Trinajstić information content (AvgIpc) is 3.43. The molecule has 0 N–H and O–H groups in total. The third-order valence-electron chi connectivity index (χ3n) is 5.36. The van der Waals surface area contributed by atoms with E-state index < -0.39 is 0 Å². The van der Waals surface area contributed by atoms with Crippen LogP contribution in [0.15, 0.2) is 53.9 Å². The number of nitrogens with zero attached hydrogens (tertiary/aromatic N) is 6. The summed E-state index contributed by atoms with van der Waals surface area (Å²) in [6.45, 7) is 0.467. The van der Waals surface area contributed by atoms with E-state index in [0.717, 1.165) is 40.5 Å². The summed E-state index contributed by atoms with van der Waals surface area (Å²) < 4.78 is 14.3. The first kappa shape index (κ1) is 20.7. The summed E-state index contributed by atoms with van der Waals surface area (Å²) in [6.07, 6.45) is 6.94. The van der Waals surface area contributed by atoms with E-state index in [-0.39, 0.29) is 12.3 Å². The van der Waals surface area contributed by atoms with Gasteiger partial charge in [0.1, 0.15) is 35.7 Å². The van der Waals surface area contributed by atoms with E-state index in [9.17, 15) is 0 Å². The fourth-order valence-corrected chi connectivity index (χ4v) is 3.98. The van der Waals surface area contributed by atoms with Crippen molar-refractivity contribution >= 4 is 45.7 Å². The molecule has 1 aliphatic heterocycles. The number of pyridine rings is 1. The molecule has 1 aromatic carbocycles. The molecular weight excluding hydrogens is 428 g/mol. The summed E-state index contributed by atoms with van der Waals surface area (Å²) >= 11 is 6.01. The fraction of sp³-hybridized carbons (Fsp3) is 0.304. The third kappa shape index (κ3) is 4.24. The minimum Gasteiger partial charge on any atom is -0.491 e. The summed E-state index contributed by atoms with van der Waals surface area (Å²) in [7, 11) is 3.84. The van der Waals surface area contributed by atoms with Gasteiger partial charge in [-0.25, -0.2) is 19.9 Å². The highest BCUT2D eigenvalue weighted by Crippen LogP contribution is 2.33. The Morgan fingerprint density at radius 2 is 2.09 bits per heavy atom. The molecule has 3 aromatic heterocycles. The monoisotopic (exact) mass is 450 g/mol. The van der Waals surface area contributed by atoms with Crippen LogP contribution in [0.1, 0.15) is 19.1 Å². The Kier molecular flexibility index (Phi) is 5.63. The number of fused-ring (bicyclic) bond motifs is 2. The molecule has 1 saturated heterocycles. The van der Waals surface area contributed by atoms with Crippen molar-refractivity contribution in [3.8, 4) is 5.75 Å². The van der Waals surface area contributed by atoms with Crippen LogP contribution in [0.5, 0.6) is 5.75 Å². The maximum absolute atomic E-state index is 6.27. The fourth-order valence-electron chi connectivity index (χ4n) is 3.83. The number of ether oxygens (including phenoxy) is 2. The smallest absolute Gasteiger partial charge is 0.166 e. The highest BCUT2D eigenvalue weighted by molar-refractivity contribution is 6.29. The lowest BCUT2D eigenvalue weighted by Gasteiger charge is -2.16. The minimum absolute atomic E-state index is 0.00598. The standard InChI is InChI=1S/C23H23ClN6O2/c1-29(2)14-27-22-18-9-10-30(23(18)26-13-25-22)21-8-6-17(32-21)12-31-16-5-3-15-4-7-20(24)28-19(15)11-16/h3-5,7,9-11,13-14,17,21H,6,8,12H2,1-2H3/b27-14+/t17?,21-/m1/s1. The van der Waals surface area contributed by atoms with Crippen LogP contribution in [0.25, 0.3) is 21.9 Å². The largest absolute Gasteiger partial charge is 0.491 e. The van der Waals surface area contributed by atoms with Crippen LogP contribution in [0.4, 0.5) is 5.82 Å². The van der Waals surface area contributed by atoms with Crippen LogP contribution in [0, 0.1) is 0 Å². The van der Waals surface area contributed by atoms with Gasteiger partial charge in [-0.3, -0.25) is 0 Å². The first-order valence-electron chi connectivity index (χ1n) is 10.4. The van der Waals surface area contributed by atoms with Crippen molar-refractivity contribution in [1.29, 1.82) is 0 Å². The SMILES string of the molecule is CN(C)/C=N/c1ncnc2c1ccn2[C@H]1CCC(COc2ccc3ccc(Cl)nc3c2)O1. The van der Waals surface area contributed by atoms with Crippen molar-refractivity contribution in [3.63, 3.8) is 0 Å². The second-order valence-electron chi connectivity index (χ2n) is 7.96. The van der Waals surface area contributed by atoms with Gasteiger partial charge in [0.15, 0.2) is 5.82 Å². The van der Waals surface area contributed by atoms with Gasteiger partial charge in [-0.2, -0.15) is 0 Å². The average molecular weight is 451 g/mol. The molecule has 9 heteroatoms. The second kappa shape index (κ2) is 8.72. The Morgan fingerprint density at radius 1 is 1.22 bits per heavy atom. The van der Waals surface area contributed by atoms with Gasteiger partial charge in [0.05, 0.1) is 23.3 Å². The van der Waals surface area contributed by atoms with Crippen LogP contribution < -0.4 is 4.74 Å². The van der Waals surface area contributed by atoms with E-state index in [1.165, 1.54) is 6.33 Å². The molecule has 32 heavy (non-hydrogen) atoms. The minimum atomic E-state index is -0.0984. The summed E-state index contributed by atoms with van der Waals surface area (Å²) in [5.74, 6) is 1.40. The van der Waals surface area contributed by atoms with Crippen LogP contribution in [0.2, 0.25) is 5.15 Å². The lowest BCUT2D eigenvalue weighted by molar-refractivity contribution is -0.0156. The van der Waals surface area contributed by atoms with Gasteiger partial charge in [0.2, 0.25) is 0 Å². The van der Waals surface area contributed by atoms with Crippen molar-refractivity contribution in [1.82, 2.24) is 24.4 Å². The lowest BCUT2D eigenvalue weighted by atomic mass is 10.2. The van der Waals surface area contributed by atoms with E-state index in [0.29, 0.717) is 17.6 Å². The van der Waals surface area contributed by atoms with Crippen LogP contribution in [-0.2, 0) is 4.74 Å². The number of hydrogen-bond donors (Lipinski definition) is 0. The van der Waals surface area contributed by atoms with Gasteiger partial charge in [-0.15, -0.1) is 0 Å². The van der Waals surface area contributed by atoms with Crippen molar-refractivity contribution < 1.29 is 9.47 Å². The maximum Gasteiger partial charge on any atom is 0.166 e. The van der Waals surface area contributed by atoms with Crippen LogP contribution in [0.3, 0.4) is 0 Å². The number of hydrogen-bond acceptors (Lipinski definition) is 6. The zero-order chi connectivity index (χ0) is 22.1. The first-order valence-corrected chi connectivity index (χ1v) is 10.8. The Bertz CT molecular complexity index is 1290. The van der Waals surface area contributed by atoms with Crippen molar-refractivity contribution in [3.05, 3.63) is 54.1 Å². The van der Waals surface area contributed by atoms with Crippen molar-refractivity contribution in [2.75, 3.05) is 20.7 Å². The molecule has 0 bridgehead atoms. The molecule has 4 aromatic rings. The Balaban J connectivity index is 1.27. The molecule has 4 heterocycles. The molecule has 5 rings (SSSR count). The number of halogens is 1. The summed E-state index contributed by atoms with van der Waals surface area (Å²) in [5, 5.41) is 2.39. The number of aliphatic imine (C=N–C) groups is 1. The summed E-state index contributed by atoms with van der Waals surface area (Å²) in [5.41, 5.74) is 1.63. The Hall–Kier alpha value is -3.23. The summed E-state index contributed by atoms with van der Waals surface area (Å²) in [6, 6.07) is 11.5. The van der Waals surface area contributed by atoms with Crippen LogP contribution >= 0.6 is 11.6 Å². The van der Waals surface area contributed by atoms with E-state index in [1.54, 1.807) is 12.4 Å². The van der Waals surface area contributed by atoms with E-state index in [4.69, 9.17) is 21.1 Å². The van der Waals surface area contributed by atoms with Crippen molar-refractivity contribution in [2.24, 2.45) is 4.99 Å². The molecule has 0 spiro atoms. The lowest BCUT2D eigenvalue weighted by Crippen LogP contribution is -2.18. The Labute approximate surface area is 190 Å². The quantitative estimate of drug-likeness (QED) is 0.242. The van der Waals surface area contributed by atoms with Gasteiger partial charge < -0.3 is 18.9 Å². The van der Waals surface area contributed by atoms with Crippen molar-refractivity contribution in [2.45, 2.75) is 25.2 Å². The number of aromatic nitrogens is 4.